The fraction of sp³-hybridized carbons (Fsp3) is 0.550. The molecule has 0 N–H and O–H groups in total. The van der Waals surface area contributed by atoms with Crippen LogP contribution in [0.15, 0.2) is 123 Å². The van der Waals surface area contributed by atoms with Gasteiger partial charge in [-0.05, 0) is 141 Å². The predicted octanol–water partition coefficient (Wildman–Crippen LogP) is 16.0. The summed E-state index contributed by atoms with van der Waals surface area (Å²) >= 11 is 0. The van der Waals surface area contributed by atoms with E-state index in [1.165, 1.54) is 169 Å². The first-order chi connectivity index (χ1) is 45.0. The van der Waals surface area contributed by atoms with Gasteiger partial charge in [0.05, 0.1) is 54.6 Å². The summed E-state index contributed by atoms with van der Waals surface area (Å²) in [5, 5.41) is 0. The minimum Gasteiger partial charge on any atom is -0.493 e. The van der Waals surface area contributed by atoms with Crippen molar-refractivity contribution in [2.75, 3.05) is 26.4 Å². The summed E-state index contributed by atoms with van der Waals surface area (Å²) in [6.07, 6.45) is 57.4. The van der Waals surface area contributed by atoms with Crippen molar-refractivity contribution in [3.63, 3.8) is 0 Å². The van der Waals surface area contributed by atoms with Crippen molar-refractivity contribution in [3.05, 3.63) is 190 Å². The molecule has 496 valence electrons. The van der Waals surface area contributed by atoms with E-state index < -0.39 is 0 Å². The van der Waals surface area contributed by atoms with Crippen molar-refractivity contribution < 1.29 is 37.2 Å². The molecule has 0 unspecified atom stereocenters. The number of hydrogen-bond acceptors (Lipinski definition) is 4. The number of benzene rings is 4. The average molecular weight is 1250 g/mol. The molecule has 0 saturated heterocycles. The lowest BCUT2D eigenvalue weighted by atomic mass is 9.88. The molecule has 0 spiro atoms. The molecule has 8 aromatic rings. The number of aryl methyl sites for hydroxylation is 4. The first-order valence-corrected chi connectivity index (χ1v) is 36.2. The number of rotatable bonds is 40. The normalized spacial score (nSPS) is 12.3. The molecule has 9 rings (SSSR count). The highest BCUT2D eigenvalue weighted by Crippen LogP contribution is 2.42. The second-order valence-electron chi connectivity index (χ2n) is 27.2. The summed E-state index contributed by atoms with van der Waals surface area (Å²) in [6, 6.07) is 19.7. The Bertz CT molecular complexity index is 2940. The van der Waals surface area contributed by atoms with Crippen molar-refractivity contribution >= 4 is 0 Å². The zero-order valence-corrected chi connectivity index (χ0v) is 58.2. The van der Waals surface area contributed by atoms with Gasteiger partial charge in [0.1, 0.15) is 98.8 Å². The van der Waals surface area contributed by atoms with Crippen molar-refractivity contribution in [1.29, 1.82) is 0 Å². The Morgan fingerprint density at radius 2 is 0.457 bits per heavy atom. The summed E-state index contributed by atoms with van der Waals surface area (Å²) in [5.74, 6) is 4.01. The molecule has 92 heavy (non-hydrogen) atoms. The van der Waals surface area contributed by atoms with Crippen LogP contribution in [0.25, 0.3) is 0 Å². The minimum atomic E-state index is 0.646. The van der Waals surface area contributed by atoms with Crippen LogP contribution in [0, 0.1) is 0 Å². The molecule has 4 aromatic heterocycles. The number of nitrogens with zero attached hydrogens (tertiary/aromatic N) is 8. The van der Waals surface area contributed by atoms with Gasteiger partial charge in [-0.2, -0.15) is 0 Å². The molecule has 0 amide bonds. The molecule has 12 heteroatoms. The molecule has 0 fully saturated rings. The summed E-state index contributed by atoms with van der Waals surface area (Å²) in [7, 11) is 8.45. The molecule has 4 heterocycles. The van der Waals surface area contributed by atoms with Crippen LogP contribution in [-0.4, -0.2) is 44.7 Å². The number of ether oxygens (including phenoxy) is 4. The molecular formula is C80H116N8O4+4. The lowest BCUT2D eigenvalue weighted by molar-refractivity contribution is -0.671. The zero-order chi connectivity index (χ0) is 64.3. The van der Waals surface area contributed by atoms with Crippen molar-refractivity contribution in [1.82, 2.24) is 18.3 Å². The van der Waals surface area contributed by atoms with Gasteiger partial charge in [-0.15, -0.1) is 0 Å². The lowest BCUT2D eigenvalue weighted by Crippen LogP contribution is -2.23. The van der Waals surface area contributed by atoms with Gasteiger partial charge in [0.2, 0.25) is 25.3 Å². The first kappa shape index (κ1) is 69.3. The molecule has 1 aliphatic rings. The topological polar surface area (TPSA) is 72.2 Å². The van der Waals surface area contributed by atoms with Gasteiger partial charge >= 0.3 is 0 Å². The third-order valence-corrected chi connectivity index (χ3v) is 18.5. The maximum Gasteiger partial charge on any atom is 0.243 e. The van der Waals surface area contributed by atoms with E-state index in [2.05, 4.69) is 216 Å². The van der Waals surface area contributed by atoms with Crippen LogP contribution in [0.2, 0.25) is 0 Å². The number of fused-ring (bicyclic) bond motifs is 8. The zero-order valence-electron chi connectivity index (χ0n) is 58.2. The lowest BCUT2D eigenvalue weighted by Gasteiger charge is -2.25. The van der Waals surface area contributed by atoms with E-state index in [0.29, 0.717) is 52.1 Å². The minimum absolute atomic E-state index is 0.646. The largest absolute Gasteiger partial charge is 0.493 e. The van der Waals surface area contributed by atoms with Crippen molar-refractivity contribution in [2.45, 2.75) is 234 Å². The smallest absolute Gasteiger partial charge is 0.243 e. The van der Waals surface area contributed by atoms with Crippen LogP contribution < -0.4 is 37.2 Å². The van der Waals surface area contributed by atoms with E-state index >= 15 is 0 Å². The second kappa shape index (κ2) is 37.0. The van der Waals surface area contributed by atoms with Crippen LogP contribution >= 0.6 is 0 Å². The van der Waals surface area contributed by atoms with E-state index in [0.717, 1.165) is 101 Å². The number of aromatic nitrogens is 8. The van der Waals surface area contributed by atoms with Gasteiger partial charge in [0, 0.05) is 25.7 Å². The third kappa shape index (κ3) is 21.5. The van der Waals surface area contributed by atoms with Gasteiger partial charge in [0.15, 0.2) is 0 Å². The molecular weight excluding hydrogens is 1140 g/mol. The van der Waals surface area contributed by atoms with E-state index in [-0.39, 0.29) is 0 Å². The van der Waals surface area contributed by atoms with Crippen LogP contribution in [0.3, 0.4) is 0 Å². The molecule has 8 bridgehead atoms. The van der Waals surface area contributed by atoms with E-state index in [4.69, 9.17) is 18.9 Å². The second-order valence-corrected chi connectivity index (χ2v) is 27.2. The van der Waals surface area contributed by atoms with Crippen molar-refractivity contribution in [3.8, 4) is 23.0 Å². The summed E-state index contributed by atoms with van der Waals surface area (Å²) in [5.41, 5.74) is 14.6. The Balaban J connectivity index is 1.30. The Hall–Kier alpha value is -7.08. The van der Waals surface area contributed by atoms with Crippen molar-refractivity contribution in [2.24, 2.45) is 28.2 Å². The SMILES string of the molecule is CCCCCCCCOc1c2cc(Cn3cc[n+](C)c3)cc1Cc1cc(Cn3cc[n+](C)c3)cc(c1OCCCCCCCC)Cc1cc(Cn3cc[n+](C)c3)cc(c1OCCCCCCCC)Cc1cc(Cn3cc[n+](C)c3)cc(c1OCCCCCCCC)C2. The maximum atomic E-state index is 7.46. The quantitative estimate of drug-likeness (QED) is 0.0283. The monoisotopic (exact) mass is 1250 g/mol. The first-order valence-electron chi connectivity index (χ1n) is 36.2. The van der Waals surface area contributed by atoms with Gasteiger partial charge in [-0.3, -0.25) is 0 Å². The number of unbranched alkanes of at least 4 members (excludes halogenated alkanes) is 20. The fourth-order valence-corrected chi connectivity index (χ4v) is 13.7. The maximum absolute atomic E-state index is 7.46. The molecule has 12 nitrogen and oxygen atoms in total. The van der Waals surface area contributed by atoms with Gasteiger partial charge < -0.3 is 18.9 Å². The number of hydrogen-bond donors (Lipinski definition) is 0. The molecule has 0 atom stereocenters. The van der Waals surface area contributed by atoms with E-state index in [1.54, 1.807) is 0 Å². The highest BCUT2D eigenvalue weighted by atomic mass is 16.5. The van der Waals surface area contributed by atoms with Gasteiger partial charge in [-0.1, -0.05) is 156 Å². The number of imidazole rings is 4. The molecule has 4 aromatic carbocycles. The van der Waals surface area contributed by atoms with E-state index in [9.17, 15) is 0 Å². The fourth-order valence-electron chi connectivity index (χ4n) is 13.7. The Morgan fingerprint density at radius 3 is 0.630 bits per heavy atom. The molecule has 1 aliphatic carbocycles. The Labute approximate surface area is 554 Å². The highest BCUT2D eigenvalue weighted by Gasteiger charge is 2.27. The third-order valence-electron chi connectivity index (χ3n) is 18.5. The summed E-state index contributed by atoms with van der Waals surface area (Å²) < 4.78 is 47.7. The van der Waals surface area contributed by atoms with Gasteiger partial charge in [-0.25, -0.2) is 36.5 Å². The van der Waals surface area contributed by atoms with Crippen LogP contribution in [0.1, 0.15) is 249 Å². The van der Waals surface area contributed by atoms with Crippen LogP contribution in [0.4, 0.5) is 0 Å². The molecule has 0 aliphatic heterocycles. The molecule has 0 saturated carbocycles. The van der Waals surface area contributed by atoms with E-state index in [1.807, 2.05) is 0 Å². The van der Waals surface area contributed by atoms with Crippen LogP contribution in [-0.2, 0) is 80.1 Å². The predicted molar refractivity (Wildman–Crippen MR) is 371 cm³/mol. The van der Waals surface area contributed by atoms with Gasteiger partial charge in [0.25, 0.3) is 0 Å². The highest BCUT2D eigenvalue weighted by molar-refractivity contribution is 5.59. The summed E-state index contributed by atoms with van der Waals surface area (Å²) in [6.45, 7) is 14.8. The Kier molecular flexibility index (Phi) is 27.8. The average Bonchev–Trinajstić information content (AvgIpc) is 0.961. The summed E-state index contributed by atoms with van der Waals surface area (Å²) in [4.78, 5) is 0. The molecule has 0 radical (unpaired) electrons. The Morgan fingerprint density at radius 1 is 0.272 bits per heavy atom. The van der Waals surface area contributed by atoms with Crippen LogP contribution in [0.5, 0.6) is 23.0 Å². The standard InChI is InChI=1S/C80H116N8O4/c1-9-13-17-21-25-29-41-89-77-69-45-65(57-85-37-33-81(5)61-85)46-70(77)54-72-48-67(59-87-39-35-83(7)63-87)50-74(79(72)91-43-31-27-23-19-15-11-3)56-76-52-68(60-88-40-36-84(8)64-88)51-75(80(76)92-44-32-28-24-20-16-12-4)55-73-49-66(58-86-38-34-82(6)62-86)47-71(53-69)78(73)90-42-30-26-22-18-14-10-2/h33-40,45-52,61-64H,9-32,41-44,53-60H2,1-8H3/q+4.